The zero-order valence-electron chi connectivity index (χ0n) is 11.1. The number of nitrogens with zero attached hydrogens (tertiary/aromatic N) is 1. The summed E-state index contributed by atoms with van der Waals surface area (Å²) in [6.45, 7) is 5.05. The third-order valence-electron chi connectivity index (χ3n) is 4.47. The first-order valence-electron chi connectivity index (χ1n) is 7.42. The van der Waals surface area contributed by atoms with Crippen molar-refractivity contribution in [2.24, 2.45) is 0 Å². The van der Waals surface area contributed by atoms with Gasteiger partial charge in [0.25, 0.3) is 0 Å². The average Bonchev–Trinajstić information content (AvgIpc) is 2.86. The Balaban J connectivity index is 1.33. The van der Waals surface area contributed by atoms with Crippen molar-refractivity contribution in [2.75, 3.05) is 26.2 Å². The Bertz CT molecular complexity index is 351. The van der Waals surface area contributed by atoms with Crippen molar-refractivity contribution in [3.8, 4) is 0 Å². The van der Waals surface area contributed by atoms with E-state index in [1.807, 2.05) is 0 Å². The van der Waals surface area contributed by atoms with E-state index in [0.29, 0.717) is 0 Å². The summed E-state index contributed by atoms with van der Waals surface area (Å²) in [7, 11) is 0. The Labute approximate surface area is 110 Å². The van der Waals surface area contributed by atoms with Gasteiger partial charge in [-0.3, -0.25) is 0 Å². The molecular weight excluding hydrogens is 220 g/mol. The molecule has 1 N–H and O–H groups in total. The fourth-order valence-electron chi connectivity index (χ4n) is 3.21. The number of benzene rings is 1. The van der Waals surface area contributed by atoms with Crippen LogP contribution in [-0.2, 0) is 0 Å². The maximum Gasteiger partial charge on any atom is 0.0107 e. The minimum atomic E-state index is 0.762. The van der Waals surface area contributed by atoms with Gasteiger partial charge < -0.3 is 10.2 Å². The number of nitrogens with one attached hydrogen (secondary N) is 1. The third kappa shape index (κ3) is 2.93. The molecule has 18 heavy (non-hydrogen) atoms. The lowest BCUT2D eigenvalue weighted by atomic mass is 9.76. The van der Waals surface area contributed by atoms with Gasteiger partial charge in [-0.05, 0) is 50.3 Å². The largest absolute Gasteiger partial charge is 0.313 e. The smallest absolute Gasteiger partial charge is 0.0107 e. The van der Waals surface area contributed by atoms with E-state index >= 15 is 0 Å². The summed E-state index contributed by atoms with van der Waals surface area (Å²) in [4.78, 5) is 2.58. The van der Waals surface area contributed by atoms with E-state index in [0.717, 1.165) is 12.0 Å². The van der Waals surface area contributed by atoms with Crippen molar-refractivity contribution in [3.05, 3.63) is 35.9 Å². The van der Waals surface area contributed by atoms with Gasteiger partial charge in [-0.15, -0.1) is 0 Å². The second-order valence-corrected chi connectivity index (χ2v) is 5.78. The molecule has 0 aromatic heterocycles. The minimum Gasteiger partial charge on any atom is -0.313 e. The average molecular weight is 244 g/mol. The summed E-state index contributed by atoms with van der Waals surface area (Å²) in [5.74, 6) is 0.801. The van der Waals surface area contributed by atoms with Gasteiger partial charge in [0.05, 0.1) is 0 Å². The van der Waals surface area contributed by atoms with Gasteiger partial charge in [-0.2, -0.15) is 0 Å². The van der Waals surface area contributed by atoms with E-state index in [-0.39, 0.29) is 0 Å². The molecule has 0 bridgehead atoms. The van der Waals surface area contributed by atoms with Gasteiger partial charge in [0.2, 0.25) is 0 Å². The summed E-state index contributed by atoms with van der Waals surface area (Å²) in [5, 5.41) is 3.70. The van der Waals surface area contributed by atoms with Crippen LogP contribution in [-0.4, -0.2) is 37.1 Å². The van der Waals surface area contributed by atoms with Crippen molar-refractivity contribution < 1.29 is 0 Å². The first-order valence-corrected chi connectivity index (χ1v) is 7.42. The van der Waals surface area contributed by atoms with Crippen LogP contribution in [0.2, 0.25) is 0 Å². The molecule has 1 heterocycles. The topological polar surface area (TPSA) is 15.3 Å². The zero-order chi connectivity index (χ0) is 12.2. The summed E-state index contributed by atoms with van der Waals surface area (Å²) in [6, 6.07) is 11.7. The number of hydrogen-bond acceptors (Lipinski definition) is 2. The monoisotopic (exact) mass is 244 g/mol. The van der Waals surface area contributed by atoms with Gasteiger partial charge >= 0.3 is 0 Å². The van der Waals surface area contributed by atoms with Gasteiger partial charge in [0.1, 0.15) is 0 Å². The molecule has 98 valence electrons. The standard InChI is InChI=1S/C16H24N2/c1-2-6-14(7-3-1)15-12-16(13-15)17-8-11-18-9-4-5-10-18/h1-3,6-7,15-17H,4-5,8-13H2. The molecule has 1 saturated carbocycles. The molecule has 1 aromatic rings. The molecule has 0 radical (unpaired) electrons. The molecule has 3 rings (SSSR count). The summed E-state index contributed by atoms with van der Waals surface area (Å²) in [5.41, 5.74) is 1.52. The van der Waals surface area contributed by atoms with Crippen LogP contribution in [0.3, 0.4) is 0 Å². The second kappa shape index (κ2) is 5.85. The van der Waals surface area contributed by atoms with Gasteiger partial charge in [-0.1, -0.05) is 30.3 Å². The van der Waals surface area contributed by atoms with Gasteiger partial charge in [0.15, 0.2) is 0 Å². The SMILES string of the molecule is c1ccc(C2CC(NCCN3CCCC3)C2)cc1. The highest BCUT2D eigenvalue weighted by Crippen LogP contribution is 2.36. The van der Waals surface area contributed by atoms with Crippen LogP contribution in [0.15, 0.2) is 30.3 Å². The number of rotatable bonds is 5. The predicted molar refractivity (Wildman–Crippen MR) is 75.9 cm³/mol. The van der Waals surface area contributed by atoms with E-state index in [9.17, 15) is 0 Å². The normalized spacial score (nSPS) is 28.2. The molecule has 0 unspecified atom stereocenters. The lowest BCUT2D eigenvalue weighted by Gasteiger charge is -2.36. The molecule has 0 spiro atoms. The maximum absolute atomic E-state index is 3.70. The highest BCUT2D eigenvalue weighted by Gasteiger charge is 2.29. The van der Waals surface area contributed by atoms with E-state index in [1.54, 1.807) is 0 Å². The van der Waals surface area contributed by atoms with Gasteiger partial charge in [-0.25, -0.2) is 0 Å². The first kappa shape index (κ1) is 12.2. The Morgan fingerprint density at radius 2 is 1.78 bits per heavy atom. The Morgan fingerprint density at radius 1 is 1.06 bits per heavy atom. The van der Waals surface area contributed by atoms with Crippen molar-refractivity contribution in [1.29, 1.82) is 0 Å². The first-order chi connectivity index (χ1) is 8.92. The third-order valence-corrected chi connectivity index (χ3v) is 4.47. The second-order valence-electron chi connectivity index (χ2n) is 5.78. The van der Waals surface area contributed by atoms with E-state index < -0.39 is 0 Å². The molecule has 2 nitrogen and oxygen atoms in total. The predicted octanol–water partition coefficient (Wildman–Crippen LogP) is 2.62. The molecule has 1 saturated heterocycles. The Hall–Kier alpha value is -0.860. The summed E-state index contributed by atoms with van der Waals surface area (Å²) in [6.07, 6.45) is 5.45. The molecule has 0 amide bonds. The number of likely N-dealkylation sites (tertiary alicyclic amines) is 1. The molecule has 0 atom stereocenters. The van der Waals surface area contributed by atoms with Crippen LogP contribution >= 0.6 is 0 Å². The molecule has 1 aliphatic carbocycles. The van der Waals surface area contributed by atoms with E-state index in [2.05, 4.69) is 40.5 Å². The Morgan fingerprint density at radius 3 is 2.50 bits per heavy atom. The van der Waals surface area contributed by atoms with Crippen molar-refractivity contribution in [2.45, 2.75) is 37.6 Å². The minimum absolute atomic E-state index is 0.762. The fourth-order valence-corrected chi connectivity index (χ4v) is 3.21. The molecule has 2 fully saturated rings. The van der Waals surface area contributed by atoms with Crippen molar-refractivity contribution in [3.63, 3.8) is 0 Å². The molecule has 2 heteroatoms. The van der Waals surface area contributed by atoms with Crippen LogP contribution in [0.1, 0.15) is 37.2 Å². The van der Waals surface area contributed by atoms with Crippen LogP contribution in [0.5, 0.6) is 0 Å². The van der Waals surface area contributed by atoms with E-state index in [1.165, 1.54) is 57.4 Å². The fraction of sp³-hybridized carbons (Fsp3) is 0.625. The summed E-state index contributed by atoms with van der Waals surface area (Å²) >= 11 is 0. The quantitative estimate of drug-likeness (QED) is 0.856. The van der Waals surface area contributed by atoms with Crippen LogP contribution in [0.4, 0.5) is 0 Å². The summed E-state index contributed by atoms with van der Waals surface area (Å²) < 4.78 is 0. The zero-order valence-corrected chi connectivity index (χ0v) is 11.1. The van der Waals surface area contributed by atoms with Crippen molar-refractivity contribution >= 4 is 0 Å². The van der Waals surface area contributed by atoms with Crippen LogP contribution < -0.4 is 5.32 Å². The molecule has 1 aromatic carbocycles. The highest BCUT2D eigenvalue weighted by molar-refractivity contribution is 5.22. The molecule has 1 aliphatic heterocycles. The number of hydrogen-bond donors (Lipinski definition) is 1. The molecular formula is C16H24N2. The highest BCUT2D eigenvalue weighted by atomic mass is 15.2. The van der Waals surface area contributed by atoms with Gasteiger partial charge in [0, 0.05) is 19.1 Å². The lowest BCUT2D eigenvalue weighted by Crippen LogP contribution is -2.43. The lowest BCUT2D eigenvalue weighted by molar-refractivity contribution is 0.266. The van der Waals surface area contributed by atoms with Crippen LogP contribution in [0, 0.1) is 0 Å². The van der Waals surface area contributed by atoms with E-state index in [4.69, 9.17) is 0 Å². The molecule has 2 aliphatic rings. The maximum atomic E-state index is 3.70. The van der Waals surface area contributed by atoms with Crippen molar-refractivity contribution in [1.82, 2.24) is 10.2 Å². The van der Waals surface area contributed by atoms with Crippen LogP contribution in [0.25, 0.3) is 0 Å². The Kier molecular flexibility index (Phi) is 3.96.